The molecule has 662 valence electrons. The molecule has 4 saturated heterocycles. The molecule has 35 nitrogen and oxygen atoms in total. The van der Waals surface area contributed by atoms with E-state index in [1.165, 1.54) is 0 Å². The van der Waals surface area contributed by atoms with Crippen molar-refractivity contribution in [2.24, 2.45) is 0 Å². The molecule has 8 aromatic carbocycles. The summed E-state index contributed by atoms with van der Waals surface area (Å²) in [6.45, 7) is 17.5. The van der Waals surface area contributed by atoms with Crippen LogP contribution in [-0.2, 0) is 4.74 Å². The summed E-state index contributed by atoms with van der Waals surface area (Å²) in [6.07, 6.45) is 17.3. The third kappa shape index (κ3) is 22.0. The van der Waals surface area contributed by atoms with Gasteiger partial charge in [-0.25, -0.2) is 78.5 Å². The second-order valence-electron chi connectivity index (χ2n) is 31.9. The van der Waals surface area contributed by atoms with E-state index in [0.29, 0.717) is 65.8 Å². The topological polar surface area (TPSA) is 415 Å². The Hall–Kier alpha value is -17.1. The van der Waals surface area contributed by atoms with Gasteiger partial charge < -0.3 is 55.6 Å². The molecule has 0 radical (unpaired) electrons. The molecule has 4 aliphatic rings. The van der Waals surface area contributed by atoms with E-state index in [-0.39, 0.29) is 6.10 Å². The highest BCUT2D eigenvalue weighted by molar-refractivity contribution is 5.76. The molecule has 12 heterocycles. The number of aromatic nitrogens is 20. The fourth-order valence-electron chi connectivity index (χ4n) is 15.7. The summed E-state index contributed by atoms with van der Waals surface area (Å²) in [5.74, 6) is 4.85. The Balaban J connectivity index is 0.000000124. The predicted molar refractivity (Wildman–Crippen MR) is 508 cm³/mol. The summed E-state index contributed by atoms with van der Waals surface area (Å²) in [5.41, 5.74) is 20.1. The molecule has 1 unspecified atom stereocenters. The number of anilines is 12. The molecule has 4 fully saturated rings. The number of aliphatic hydroxyl groups excluding tert-OH is 1. The summed E-state index contributed by atoms with van der Waals surface area (Å²) in [6, 6.07) is 71.2. The summed E-state index contributed by atoms with van der Waals surface area (Å²) < 4.78 is 12.3. The Kier molecular flexibility index (Phi) is 27.3. The number of ether oxygens (including phenoxy) is 1. The molecule has 8 aromatic heterocycles. The van der Waals surface area contributed by atoms with Gasteiger partial charge in [0, 0.05) is 135 Å². The normalized spacial score (nSPS) is 14.1. The summed E-state index contributed by atoms with van der Waals surface area (Å²) >= 11 is 0. The summed E-state index contributed by atoms with van der Waals surface area (Å²) in [4.78, 5) is 63.9. The van der Waals surface area contributed by atoms with Crippen LogP contribution in [0.5, 0.6) is 0 Å². The number of rotatable bonds is 20. The van der Waals surface area contributed by atoms with Crippen molar-refractivity contribution < 1.29 is 9.84 Å². The zero-order chi connectivity index (χ0) is 91.5. The maximum absolute atomic E-state index is 10.1. The van der Waals surface area contributed by atoms with Crippen LogP contribution in [0.1, 0.15) is 71.2 Å². The van der Waals surface area contributed by atoms with Crippen molar-refractivity contribution in [1.82, 2.24) is 104 Å². The lowest BCUT2D eigenvalue weighted by Gasteiger charge is -2.34. The van der Waals surface area contributed by atoms with Crippen molar-refractivity contribution in [3.63, 3.8) is 0 Å². The van der Waals surface area contributed by atoms with Crippen LogP contribution in [0.2, 0.25) is 0 Å². The number of morpholine rings is 1. The van der Waals surface area contributed by atoms with Crippen molar-refractivity contribution >= 4 is 69.3 Å². The van der Waals surface area contributed by atoms with Crippen LogP contribution in [0.3, 0.4) is 0 Å². The lowest BCUT2D eigenvalue weighted by atomic mass is 10.0. The van der Waals surface area contributed by atoms with Gasteiger partial charge >= 0.3 is 0 Å². The van der Waals surface area contributed by atoms with Crippen molar-refractivity contribution in [2.75, 3.05) is 127 Å². The van der Waals surface area contributed by atoms with E-state index in [4.69, 9.17) is 9.72 Å². The van der Waals surface area contributed by atoms with Crippen LogP contribution in [-0.4, -0.2) is 201 Å². The first-order valence-corrected chi connectivity index (χ1v) is 43.5. The number of aliphatic hydroxyl groups is 1. The third-order valence-corrected chi connectivity index (χ3v) is 22.6. The van der Waals surface area contributed by atoms with Gasteiger partial charge in [-0.3, -0.25) is 0 Å². The quantitative estimate of drug-likeness (QED) is 0.0473. The highest BCUT2D eigenvalue weighted by Gasteiger charge is 2.25. The van der Waals surface area contributed by atoms with Gasteiger partial charge in [0.05, 0.1) is 110 Å². The number of nitrogens with zero attached hydrogens (tertiary/aromatic N) is 29. The summed E-state index contributed by atoms with van der Waals surface area (Å²) in [7, 11) is 2.12. The largest absolute Gasteiger partial charge is 0.391 e. The highest BCUT2D eigenvalue weighted by atomic mass is 16.5. The van der Waals surface area contributed by atoms with E-state index in [9.17, 15) is 26.2 Å². The molecule has 35 heteroatoms. The standard InChI is InChI=1S/C25H25N9.C25H24N8O.C24H22N8O.C24H22N8/c1-18-28-17-34(31-18)22-6-4-21(5-7-22)29-25-27-10-9-23(30-25)19-3-8-24(20(15-19)16-26)33-13-11-32(2)12-14-33;1-17-28-16-33(31-17)21-8-6-20(7-9-21)29-25-27-11-10-23(30-25)18-4-5-19(14-26)24(13-18)32-12-2-3-22(34)15-32;1-17-27-16-32(30-17)21-5-3-20(4-6-21)28-24-26-9-8-22(29-24)18-2-7-23(19(14-18)15-25)31-10-12-33-13-11-31;1-17-27-16-32(30-17)21-8-6-20(7-9-21)28-24-26-11-10-22(29-24)18-4-5-19(15-25)23(14-18)31-12-2-3-13-31/h3-10,15,17H,11-14H2,1-2H3,(H,27,29,30);4-11,13,16,22,34H,2-3,12,15H2,1H3,(H,27,29,30);2-9,14,16H,10-13H2,1H3,(H,26,28,29);4-11,14,16H,2-3,12-13H2,1H3,(H,26,28,29). The maximum Gasteiger partial charge on any atom is 0.227 e. The van der Waals surface area contributed by atoms with Gasteiger partial charge in [0.1, 0.15) is 72.9 Å². The maximum atomic E-state index is 10.1. The van der Waals surface area contributed by atoms with Gasteiger partial charge in [-0.15, -0.1) is 0 Å². The van der Waals surface area contributed by atoms with Gasteiger partial charge in [-0.05, 0) is 230 Å². The number of likely N-dealkylation sites (N-methyl/N-ethyl adjacent to an activating group) is 1. The van der Waals surface area contributed by atoms with Crippen molar-refractivity contribution in [3.8, 4) is 92.1 Å². The smallest absolute Gasteiger partial charge is 0.227 e. The number of hydrogen-bond acceptors (Lipinski definition) is 31. The minimum Gasteiger partial charge on any atom is -0.391 e. The minimum absolute atomic E-state index is 0.376. The van der Waals surface area contributed by atoms with Crippen LogP contribution < -0.4 is 40.9 Å². The molecule has 0 saturated carbocycles. The van der Waals surface area contributed by atoms with E-state index in [2.05, 4.69) is 158 Å². The van der Waals surface area contributed by atoms with Crippen molar-refractivity contribution in [3.05, 3.63) is 290 Å². The SMILES string of the molecule is Cc1ncn(-c2ccc(Nc3nccc(-c4ccc(C#N)c(N5CCCC(O)C5)c4)n3)cc2)n1.Cc1ncn(-c2ccc(Nc3nccc(-c4ccc(C#N)c(N5CCCC5)c4)n3)cc2)n1.Cc1ncn(-c2ccc(Nc3nccc(-c4ccc(N5CCN(C)CC5)c(C#N)c4)n3)cc2)n1.Cc1ncn(-c2ccc(Nc3nccc(-c4ccc(N5CCOCC5)c(C#N)c4)n3)cc2)n1. The fraction of sp³-hybridized carbons (Fsp3) is 0.224. The average molecular weight is 1770 g/mol. The first-order chi connectivity index (χ1) is 65.1. The molecular weight excluding hydrogens is 1670 g/mol. The number of aryl methyl sites for hydroxylation is 4. The Morgan fingerprint density at radius 1 is 0.323 bits per heavy atom. The molecule has 16 aromatic rings. The number of benzene rings is 8. The first-order valence-electron chi connectivity index (χ1n) is 43.5. The van der Waals surface area contributed by atoms with E-state index in [0.717, 1.165) is 221 Å². The average Bonchev–Trinajstić information content (AvgIpc) is 1.66. The van der Waals surface area contributed by atoms with Gasteiger partial charge in [0.25, 0.3) is 0 Å². The Morgan fingerprint density at radius 3 is 0.955 bits per heavy atom. The lowest BCUT2D eigenvalue weighted by molar-refractivity contribution is 0.122. The minimum atomic E-state index is -0.376. The summed E-state index contributed by atoms with van der Waals surface area (Å²) in [5, 5.41) is 79.0. The first kappa shape index (κ1) is 87.9. The number of hydrogen-bond donors (Lipinski definition) is 5. The zero-order valence-electron chi connectivity index (χ0n) is 73.8. The second-order valence-corrected chi connectivity index (χ2v) is 31.9. The molecule has 1 atom stereocenters. The van der Waals surface area contributed by atoms with Crippen LogP contribution in [0.25, 0.3) is 67.8 Å². The molecule has 4 aliphatic heterocycles. The van der Waals surface area contributed by atoms with Crippen LogP contribution in [0.4, 0.5) is 69.3 Å². The van der Waals surface area contributed by atoms with Crippen LogP contribution >= 0.6 is 0 Å². The van der Waals surface area contributed by atoms with Gasteiger partial charge in [-0.2, -0.15) is 41.4 Å². The van der Waals surface area contributed by atoms with Gasteiger partial charge in [0.2, 0.25) is 23.8 Å². The Morgan fingerprint density at radius 2 is 0.632 bits per heavy atom. The molecule has 0 aliphatic carbocycles. The number of piperazine rings is 1. The number of β-amino-alcohol motifs (C(OH)–C–C–N with tert-alkyl or cyclic N) is 1. The fourth-order valence-corrected chi connectivity index (χ4v) is 15.7. The van der Waals surface area contributed by atoms with Crippen molar-refractivity contribution in [1.29, 1.82) is 21.0 Å². The van der Waals surface area contributed by atoms with E-state index < -0.39 is 0 Å². The molecule has 5 N–H and O–H groups in total. The second kappa shape index (κ2) is 41.3. The molecule has 133 heavy (non-hydrogen) atoms. The van der Waals surface area contributed by atoms with Crippen molar-refractivity contribution in [2.45, 2.75) is 59.5 Å². The molecule has 0 bridgehead atoms. The lowest BCUT2D eigenvalue weighted by Crippen LogP contribution is -2.44. The highest BCUT2D eigenvalue weighted by Crippen LogP contribution is 2.36. The van der Waals surface area contributed by atoms with E-state index in [1.54, 1.807) is 68.8 Å². The van der Waals surface area contributed by atoms with E-state index in [1.807, 2.05) is 216 Å². The number of piperidine rings is 1. The third-order valence-electron chi connectivity index (χ3n) is 22.6. The van der Waals surface area contributed by atoms with Gasteiger partial charge in [0.15, 0.2) is 0 Å². The zero-order valence-corrected chi connectivity index (χ0v) is 73.8. The van der Waals surface area contributed by atoms with Crippen LogP contribution in [0, 0.1) is 73.0 Å². The predicted octanol–water partition coefficient (Wildman–Crippen LogP) is 14.7. The molecule has 0 amide bonds. The molecule has 20 rings (SSSR count). The van der Waals surface area contributed by atoms with Gasteiger partial charge in [-0.1, -0.05) is 24.3 Å². The molecule has 0 spiro atoms. The number of nitriles is 4. The van der Waals surface area contributed by atoms with Crippen LogP contribution in [0.15, 0.2) is 244 Å². The monoisotopic (exact) mass is 1760 g/mol. The molecular formula is C98H93N33O2. The number of nitrogens with one attached hydrogen (secondary N) is 4. The Bertz CT molecular complexity index is 6910. The van der Waals surface area contributed by atoms with E-state index >= 15 is 0 Å². The Labute approximate surface area is 767 Å².